The van der Waals surface area contributed by atoms with E-state index in [-0.39, 0.29) is 11.3 Å². The van der Waals surface area contributed by atoms with Gasteiger partial charge < -0.3 is 10.8 Å². The number of nitrogens with zero attached hydrogens (tertiary/aromatic N) is 1. The van der Waals surface area contributed by atoms with Crippen LogP contribution in [-0.4, -0.2) is 28.8 Å². The second kappa shape index (κ2) is 6.08. The molecule has 0 aliphatic carbocycles. The minimum absolute atomic E-state index is 0.106. The lowest BCUT2D eigenvalue weighted by Gasteiger charge is -2.22. The third-order valence-electron chi connectivity index (χ3n) is 4.57. The highest BCUT2D eigenvalue weighted by Gasteiger charge is 2.31. The van der Waals surface area contributed by atoms with Gasteiger partial charge in [-0.2, -0.15) is 0 Å². The number of carboxylic acids is 1. The first-order valence-corrected chi connectivity index (χ1v) is 8.06. The van der Waals surface area contributed by atoms with Crippen molar-refractivity contribution >= 4 is 39.7 Å². The summed E-state index contributed by atoms with van der Waals surface area (Å²) in [7, 11) is 0. The van der Waals surface area contributed by atoms with Crippen LogP contribution in [0.2, 0.25) is 0 Å². The molecule has 1 unspecified atom stereocenters. The molecule has 0 spiro atoms. The smallest absolute Gasteiger partial charge is 0.352 e. The van der Waals surface area contributed by atoms with E-state index in [9.17, 15) is 14.7 Å². The molecule has 1 aliphatic heterocycles. The van der Waals surface area contributed by atoms with Crippen molar-refractivity contribution in [2.45, 2.75) is 6.04 Å². The van der Waals surface area contributed by atoms with E-state index in [0.717, 1.165) is 21.9 Å². The molecular formula is C21H14N2O3. The van der Waals surface area contributed by atoms with Gasteiger partial charge in [-0.3, -0.25) is 0 Å². The predicted molar refractivity (Wildman–Crippen MR) is 101 cm³/mol. The minimum atomic E-state index is -1.25. The second-order valence-electron chi connectivity index (χ2n) is 6.02. The fraction of sp³-hybridized carbons (Fsp3) is 0.0476. The van der Waals surface area contributed by atoms with Crippen LogP contribution in [0.15, 0.2) is 65.7 Å². The summed E-state index contributed by atoms with van der Waals surface area (Å²) in [6, 6.07) is 18.1. The molecule has 1 atom stereocenters. The molecule has 4 rings (SSSR count). The monoisotopic (exact) mass is 342 g/mol. The van der Waals surface area contributed by atoms with Crippen LogP contribution in [0.25, 0.3) is 27.5 Å². The molecular weight excluding hydrogens is 328 g/mol. The summed E-state index contributed by atoms with van der Waals surface area (Å²) in [4.78, 5) is 27.3. The number of nitrogens with two attached hydrogens (primary N) is 1. The highest BCUT2D eigenvalue weighted by molar-refractivity contribution is 6.42. The summed E-state index contributed by atoms with van der Waals surface area (Å²) in [5.74, 6) is 0.561. The van der Waals surface area contributed by atoms with E-state index in [4.69, 9.17) is 5.73 Å². The number of aliphatic imine (C=N–C) groups is 1. The number of carbonyl (C=O) groups is 1. The van der Waals surface area contributed by atoms with Gasteiger partial charge in [0.25, 0.3) is 0 Å². The van der Waals surface area contributed by atoms with Crippen LogP contribution >= 0.6 is 0 Å². The molecule has 0 saturated heterocycles. The summed E-state index contributed by atoms with van der Waals surface area (Å²) >= 11 is 0. The molecule has 26 heavy (non-hydrogen) atoms. The number of benzene rings is 3. The Kier molecular flexibility index (Phi) is 3.73. The lowest BCUT2D eigenvalue weighted by molar-refractivity contribution is -0.129. The molecule has 0 radical (unpaired) electrons. The van der Waals surface area contributed by atoms with Crippen molar-refractivity contribution in [3.05, 3.63) is 66.2 Å². The molecule has 5 heteroatoms. The zero-order valence-electron chi connectivity index (χ0n) is 13.6. The number of para-hydroxylation sites is 1. The average Bonchev–Trinajstić information content (AvgIpc) is 2.66. The Morgan fingerprint density at radius 2 is 1.62 bits per heavy atom. The van der Waals surface area contributed by atoms with E-state index in [1.54, 1.807) is 12.1 Å². The summed E-state index contributed by atoms with van der Waals surface area (Å²) < 4.78 is 0. The fourth-order valence-electron chi connectivity index (χ4n) is 3.35. The maximum Gasteiger partial charge on any atom is 0.352 e. The van der Waals surface area contributed by atoms with Crippen molar-refractivity contribution in [1.82, 2.24) is 0 Å². The maximum atomic E-state index is 11.5. The van der Waals surface area contributed by atoms with Crippen molar-refractivity contribution in [3.8, 4) is 11.1 Å². The summed E-state index contributed by atoms with van der Waals surface area (Å²) in [5.41, 5.74) is 8.37. The second-order valence-corrected chi connectivity index (χ2v) is 6.02. The van der Waals surface area contributed by atoms with E-state index in [1.165, 1.54) is 0 Å². The van der Waals surface area contributed by atoms with Gasteiger partial charge in [0.15, 0.2) is 0 Å². The van der Waals surface area contributed by atoms with Gasteiger partial charge in [-0.25, -0.2) is 14.6 Å². The molecule has 1 aliphatic rings. The van der Waals surface area contributed by atoms with Crippen LogP contribution in [0.1, 0.15) is 5.56 Å². The van der Waals surface area contributed by atoms with Gasteiger partial charge in [0.05, 0.1) is 17.3 Å². The van der Waals surface area contributed by atoms with E-state index >= 15 is 0 Å². The first-order valence-electron chi connectivity index (χ1n) is 8.06. The third-order valence-corrected chi connectivity index (χ3v) is 4.57. The Bertz CT molecular complexity index is 1140. The molecule has 3 aromatic carbocycles. The summed E-state index contributed by atoms with van der Waals surface area (Å²) in [5, 5.41) is 11.5. The summed E-state index contributed by atoms with van der Waals surface area (Å²) in [6.07, 6.45) is 0. The van der Waals surface area contributed by atoms with Crippen LogP contribution in [0.3, 0.4) is 0 Å². The molecule has 5 nitrogen and oxygen atoms in total. The largest absolute Gasteiger partial charge is 0.477 e. The predicted octanol–water partition coefficient (Wildman–Crippen LogP) is 3.22. The SMILES string of the molecule is NC1C(=C=O)c2cccc(-c3cccc4ccccc34)c2N=C1C(=O)O. The maximum absolute atomic E-state index is 11.5. The number of hydrogen-bond donors (Lipinski definition) is 2. The molecule has 0 fully saturated rings. The van der Waals surface area contributed by atoms with E-state index in [0.29, 0.717) is 11.3 Å². The van der Waals surface area contributed by atoms with Crippen molar-refractivity contribution in [2.24, 2.45) is 10.7 Å². The van der Waals surface area contributed by atoms with Gasteiger partial charge in [-0.05, 0) is 16.3 Å². The van der Waals surface area contributed by atoms with Crippen LogP contribution in [-0.2, 0) is 9.59 Å². The Balaban J connectivity index is 2.07. The molecule has 1 heterocycles. The van der Waals surface area contributed by atoms with Crippen LogP contribution in [0.4, 0.5) is 5.69 Å². The van der Waals surface area contributed by atoms with Gasteiger partial charge in [0.1, 0.15) is 11.7 Å². The molecule has 3 aromatic rings. The van der Waals surface area contributed by atoms with Gasteiger partial charge in [-0.15, -0.1) is 0 Å². The Hall–Kier alpha value is -3.53. The Labute approximate surface area is 149 Å². The minimum Gasteiger partial charge on any atom is -0.477 e. The summed E-state index contributed by atoms with van der Waals surface area (Å²) in [6.45, 7) is 0. The van der Waals surface area contributed by atoms with Crippen LogP contribution in [0.5, 0.6) is 0 Å². The van der Waals surface area contributed by atoms with Crippen LogP contribution in [0, 0.1) is 0 Å². The number of fused-ring (bicyclic) bond motifs is 2. The highest BCUT2D eigenvalue weighted by Crippen LogP contribution is 2.42. The first kappa shape index (κ1) is 16.0. The quantitative estimate of drug-likeness (QED) is 0.699. The first-order chi connectivity index (χ1) is 12.6. The van der Waals surface area contributed by atoms with Crippen molar-refractivity contribution in [3.63, 3.8) is 0 Å². The molecule has 0 saturated carbocycles. The van der Waals surface area contributed by atoms with Crippen LogP contribution < -0.4 is 5.73 Å². The molecule has 0 amide bonds. The van der Waals surface area contributed by atoms with Gasteiger partial charge in [0.2, 0.25) is 0 Å². The average molecular weight is 342 g/mol. The fourth-order valence-corrected chi connectivity index (χ4v) is 3.35. The zero-order chi connectivity index (χ0) is 18.3. The van der Waals surface area contributed by atoms with E-state index in [1.807, 2.05) is 54.5 Å². The number of aliphatic carboxylic acids is 1. The van der Waals surface area contributed by atoms with Crippen molar-refractivity contribution in [2.75, 3.05) is 0 Å². The van der Waals surface area contributed by atoms with Gasteiger partial charge in [0, 0.05) is 11.1 Å². The van der Waals surface area contributed by atoms with Crippen molar-refractivity contribution in [1.29, 1.82) is 0 Å². The molecule has 0 aromatic heterocycles. The van der Waals surface area contributed by atoms with Gasteiger partial charge in [-0.1, -0.05) is 60.7 Å². The lowest BCUT2D eigenvalue weighted by Crippen LogP contribution is -2.39. The third kappa shape index (κ3) is 2.35. The number of carbonyl (C=O) groups excluding carboxylic acids is 1. The Morgan fingerprint density at radius 3 is 2.38 bits per heavy atom. The zero-order valence-corrected chi connectivity index (χ0v) is 13.6. The van der Waals surface area contributed by atoms with E-state index in [2.05, 4.69) is 4.99 Å². The number of carboxylic acid groups (broad SMARTS) is 1. The van der Waals surface area contributed by atoms with Crippen molar-refractivity contribution < 1.29 is 14.7 Å². The Morgan fingerprint density at radius 1 is 0.962 bits per heavy atom. The molecule has 0 bridgehead atoms. The van der Waals surface area contributed by atoms with Gasteiger partial charge >= 0.3 is 5.97 Å². The standard InChI is InChI=1S/C21H14N2O3/c22-18-17(11-24)16-10-4-9-15(19(16)23-20(18)21(25)26)14-8-3-6-12-5-1-2-7-13(12)14/h1-10,18H,22H2,(H,25,26). The molecule has 126 valence electrons. The number of hydrogen-bond acceptors (Lipinski definition) is 4. The number of rotatable bonds is 2. The topological polar surface area (TPSA) is 92.8 Å². The van der Waals surface area contributed by atoms with E-state index < -0.39 is 12.0 Å². The molecule has 3 N–H and O–H groups in total. The lowest BCUT2D eigenvalue weighted by atomic mass is 9.88. The highest BCUT2D eigenvalue weighted by atomic mass is 16.4. The normalized spacial score (nSPS) is 16.0.